The maximum atomic E-state index is 12.4. The molecule has 0 fully saturated rings. The van der Waals surface area contributed by atoms with Crippen molar-refractivity contribution in [1.29, 1.82) is 5.26 Å². The summed E-state index contributed by atoms with van der Waals surface area (Å²) in [6.07, 6.45) is 1.57. The number of carbonyl (C=O) groups excluding carboxylic acids is 1. The van der Waals surface area contributed by atoms with Crippen LogP contribution in [0.3, 0.4) is 0 Å². The van der Waals surface area contributed by atoms with E-state index in [-0.39, 0.29) is 5.57 Å². The van der Waals surface area contributed by atoms with E-state index in [1.54, 1.807) is 24.3 Å². The van der Waals surface area contributed by atoms with Gasteiger partial charge >= 0.3 is 0 Å². The van der Waals surface area contributed by atoms with E-state index in [1.807, 2.05) is 30.3 Å². The van der Waals surface area contributed by atoms with E-state index in [2.05, 4.69) is 19.2 Å². The molecule has 5 heteroatoms. The van der Waals surface area contributed by atoms with Crippen LogP contribution in [0.25, 0.3) is 6.08 Å². The lowest BCUT2D eigenvalue weighted by Crippen LogP contribution is -2.13. The summed E-state index contributed by atoms with van der Waals surface area (Å²) in [6, 6.07) is 14.8. The first-order valence-electron chi connectivity index (χ1n) is 8.23. The van der Waals surface area contributed by atoms with Crippen molar-refractivity contribution in [1.82, 2.24) is 0 Å². The number of benzene rings is 2. The molecule has 1 amide bonds. The Balaban J connectivity index is 2.19. The van der Waals surface area contributed by atoms with Crippen LogP contribution in [0, 0.1) is 11.3 Å². The molecule has 0 heterocycles. The highest BCUT2D eigenvalue weighted by atomic mass is 16.5. The Bertz CT molecular complexity index is 847. The van der Waals surface area contributed by atoms with Gasteiger partial charge in [-0.1, -0.05) is 38.1 Å². The molecule has 0 aromatic heterocycles. The Hall–Kier alpha value is -3.26. The number of nitrogens with zero attached hydrogens (tertiary/aromatic N) is 1. The topological polar surface area (TPSA) is 71.3 Å². The van der Waals surface area contributed by atoms with Crippen molar-refractivity contribution < 1.29 is 14.3 Å². The third-order valence-electron chi connectivity index (χ3n) is 3.92. The number of nitrogens with one attached hydrogen (secondary N) is 1. The van der Waals surface area contributed by atoms with E-state index < -0.39 is 5.91 Å². The molecule has 0 saturated carbocycles. The molecule has 0 aliphatic heterocycles. The second kappa shape index (κ2) is 8.72. The zero-order valence-electron chi connectivity index (χ0n) is 15.4. The molecule has 0 unspecified atom stereocenters. The van der Waals surface area contributed by atoms with Gasteiger partial charge in [0, 0.05) is 11.8 Å². The molecule has 5 nitrogen and oxygen atoms in total. The Morgan fingerprint density at radius 1 is 1.08 bits per heavy atom. The first kappa shape index (κ1) is 19.1. The van der Waals surface area contributed by atoms with E-state index in [4.69, 9.17) is 9.47 Å². The average Bonchev–Trinajstić information content (AvgIpc) is 2.66. The van der Waals surface area contributed by atoms with Crippen LogP contribution in [0.15, 0.2) is 48.0 Å². The lowest BCUT2D eigenvalue weighted by atomic mass is 10.0. The highest BCUT2D eigenvalue weighted by molar-refractivity contribution is 6.09. The van der Waals surface area contributed by atoms with Crippen molar-refractivity contribution in [2.75, 3.05) is 19.5 Å². The van der Waals surface area contributed by atoms with E-state index in [0.29, 0.717) is 23.1 Å². The maximum absolute atomic E-state index is 12.4. The summed E-state index contributed by atoms with van der Waals surface area (Å²) >= 11 is 0. The predicted octanol–water partition coefficient (Wildman–Crippen LogP) is 4.37. The molecule has 0 aliphatic rings. The van der Waals surface area contributed by atoms with Crippen molar-refractivity contribution in [3.05, 3.63) is 59.2 Å². The number of ether oxygens (including phenoxy) is 2. The molecule has 134 valence electrons. The summed E-state index contributed by atoms with van der Waals surface area (Å²) in [5.74, 6) is 1.01. The van der Waals surface area contributed by atoms with Gasteiger partial charge in [-0.15, -0.1) is 0 Å². The van der Waals surface area contributed by atoms with Crippen LogP contribution >= 0.6 is 0 Å². The summed E-state index contributed by atoms with van der Waals surface area (Å²) in [4.78, 5) is 12.4. The first-order chi connectivity index (χ1) is 12.5. The number of nitriles is 1. The van der Waals surface area contributed by atoms with Gasteiger partial charge in [-0.3, -0.25) is 4.79 Å². The van der Waals surface area contributed by atoms with Crippen molar-refractivity contribution in [3.8, 4) is 17.6 Å². The van der Waals surface area contributed by atoms with Gasteiger partial charge in [-0.05, 0) is 35.3 Å². The van der Waals surface area contributed by atoms with Crippen LogP contribution in [-0.2, 0) is 4.79 Å². The number of carbonyl (C=O) groups is 1. The standard InChI is InChI=1S/C21H22N2O3/c1-14(2)16-7-5-15(6-8-16)11-17(13-22)21(24)23-18-9-10-19(25-3)20(12-18)26-4/h5-12,14H,1-4H3,(H,23,24)/b17-11+. The molecule has 2 aromatic carbocycles. The second-order valence-corrected chi connectivity index (χ2v) is 6.02. The Morgan fingerprint density at radius 3 is 2.27 bits per heavy atom. The smallest absolute Gasteiger partial charge is 0.266 e. The van der Waals surface area contributed by atoms with Gasteiger partial charge < -0.3 is 14.8 Å². The van der Waals surface area contributed by atoms with Crippen LogP contribution < -0.4 is 14.8 Å². The molecule has 2 aromatic rings. The zero-order chi connectivity index (χ0) is 19.1. The Morgan fingerprint density at radius 2 is 1.73 bits per heavy atom. The van der Waals surface area contributed by atoms with Gasteiger partial charge in [0.2, 0.25) is 0 Å². The number of amides is 1. The Kier molecular flexibility index (Phi) is 6.40. The molecule has 1 N–H and O–H groups in total. The van der Waals surface area contributed by atoms with Gasteiger partial charge in [-0.25, -0.2) is 0 Å². The summed E-state index contributed by atoms with van der Waals surface area (Å²) < 4.78 is 10.4. The lowest BCUT2D eigenvalue weighted by Gasteiger charge is -2.10. The molecule has 0 atom stereocenters. The molecule has 0 saturated heterocycles. The Labute approximate surface area is 153 Å². The number of anilines is 1. The van der Waals surface area contributed by atoms with Crippen LogP contribution in [0.2, 0.25) is 0 Å². The van der Waals surface area contributed by atoms with E-state index in [1.165, 1.54) is 19.8 Å². The largest absolute Gasteiger partial charge is 0.493 e. The molecule has 0 bridgehead atoms. The number of rotatable bonds is 6. The van der Waals surface area contributed by atoms with E-state index >= 15 is 0 Å². The SMILES string of the molecule is COc1ccc(NC(=O)/C(C#N)=C/c2ccc(C(C)C)cc2)cc1OC. The third kappa shape index (κ3) is 4.64. The van der Waals surface area contributed by atoms with E-state index in [9.17, 15) is 10.1 Å². The molecule has 0 spiro atoms. The highest BCUT2D eigenvalue weighted by Crippen LogP contribution is 2.30. The van der Waals surface area contributed by atoms with Gasteiger partial charge in [-0.2, -0.15) is 5.26 Å². The molecular weight excluding hydrogens is 328 g/mol. The minimum Gasteiger partial charge on any atom is -0.493 e. The van der Waals surface area contributed by atoms with Crippen molar-refractivity contribution in [2.45, 2.75) is 19.8 Å². The van der Waals surface area contributed by atoms with E-state index in [0.717, 1.165) is 5.56 Å². The molecule has 0 radical (unpaired) electrons. The fourth-order valence-corrected chi connectivity index (χ4v) is 2.40. The molecule has 2 rings (SSSR count). The van der Waals surface area contributed by atoms with Crippen LogP contribution in [0.1, 0.15) is 30.9 Å². The van der Waals surface area contributed by atoms with Gasteiger partial charge in [0.05, 0.1) is 14.2 Å². The highest BCUT2D eigenvalue weighted by Gasteiger charge is 2.12. The molecule has 0 aliphatic carbocycles. The summed E-state index contributed by atoms with van der Waals surface area (Å²) in [6.45, 7) is 4.23. The zero-order valence-corrected chi connectivity index (χ0v) is 15.4. The van der Waals surface area contributed by atoms with Crippen molar-refractivity contribution >= 4 is 17.7 Å². The van der Waals surface area contributed by atoms with Crippen LogP contribution in [-0.4, -0.2) is 20.1 Å². The van der Waals surface area contributed by atoms with Crippen LogP contribution in [0.4, 0.5) is 5.69 Å². The number of methoxy groups -OCH3 is 2. The van der Waals surface area contributed by atoms with Crippen molar-refractivity contribution in [3.63, 3.8) is 0 Å². The monoisotopic (exact) mass is 350 g/mol. The summed E-state index contributed by atoms with van der Waals surface area (Å²) in [5.41, 5.74) is 2.55. The summed E-state index contributed by atoms with van der Waals surface area (Å²) in [7, 11) is 3.06. The lowest BCUT2D eigenvalue weighted by molar-refractivity contribution is -0.112. The normalized spacial score (nSPS) is 11.0. The molecular formula is C21H22N2O3. The van der Waals surface area contributed by atoms with Gasteiger partial charge in [0.25, 0.3) is 5.91 Å². The number of hydrogen-bond donors (Lipinski definition) is 1. The molecule has 26 heavy (non-hydrogen) atoms. The van der Waals surface area contributed by atoms with Crippen LogP contribution in [0.5, 0.6) is 11.5 Å². The minimum absolute atomic E-state index is 0.0251. The second-order valence-electron chi connectivity index (χ2n) is 6.02. The number of hydrogen-bond acceptors (Lipinski definition) is 4. The fraction of sp³-hybridized carbons (Fsp3) is 0.238. The minimum atomic E-state index is -0.479. The fourth-order valence-electron chi connectivity index (χ4n) is 2.40. The third-order valence-corrected chi connectivity index (χ3v) is 3.92. The van der Waals surface area contributed by atoms with Crippen molar-refractivity contribution in [2.24, 2.45) is 0 Å². The average molecular weight is 350 g/mol. The first-order valence-corrected chi connectivity index (χ1v) is 8.23. The van der Waals surface area contributed by atoms with Gasteiger partial charge in [0.15, 0.2) is 11.5 Å². The quantitative estimate of drug-likeness (QED) is 0.620. The predicted molar refractivity (Wildman–Crippen MR) is 102 cm³/mol. The maximum Gasteiger partial charge on any atom is 0.266 e. The summed E-state index contributed by atoms with van der Waals surface area (Å²) in [5, 5.41) is 12.0. The van der Waals surface area contributed by atoms with Gasteiger partial charge in [0.1, 0.15) is 11.6 Å².